The summed E-state index contributed by atoms with van der Waals surface area (Å²) in [7, 11) is -3.52. The van der Waals surface area contributed by atoms with Crippen molar-refractivity contribution in [2.24, 2.45) is 11.8 Å². The molecule has 3 rings (SSSR count). The average Bonchev–Trinajstić information content (AvgIpc) is 2.81. The summed E-state index contributed by atoms with van der Waals surface area (Å²) in [5, 5.41) is 9.83. The summed E-state index contributed by atoms with van der Waals surface area (Å²) in [5.74, 6) is 0.381. The van der Waals surface area contributed by atoms with E-state index in [4.69, 9.17) is 23.2 Å². The molecule has 0 spiro atoms. The smallest absolute Gasteiger partial charge is 0.252 e. The number of hydrogen-bond acceptors (Lipinski definition) is 4. The monoisotopic (exact) mass is 327 g/mol. The zero-order chi connectivity index (χ0) is 13.1. The molecule has 0 amide bonds. The maximum Gasteiger partial charge on any atom is 0.252 e. The van der Waals surface area contributed by atoms with E-state index in [9.17, 15) is 13.5 Å². The fourth-order valence-electron chi connectivity index (χ4n) is 2.61. The molecule has 1 aromatic heterocycles. The van der Waals surface area contributed by atoms with Crippen LogP contribution in [-0.2, 0) is 10.0 Å². The predicted molar refractivity (Wildman–Crippen MR) is 70.7 cm³/mol. The third-order valence-corrected chi connectivity index (χ3v) is 7.86. The number of halogens is 2. The molecule has 1 saturated heterocycles. The van der Waals surface area contributed by atoms with E-state index in [0.29, 0.717) is 25.4 Å². The molecule has 18 heavy (non-hydrogen) atoms. The third kappa shape index (κ3) is 1.90. The second-order valence-electron chi connectivity index (χ2n) is 4.74. The molecule has 2 heterocycles. The molecule has 100 valence electrons. The molecule has 0 unspecified atom stereocenters. The zero-order valence-corrected chi connectivity index (χ0v) is 12.4. The summed E-state index contributed by atoms with van der Waals surface area (Å²) in [6.07, 6.45) is 0.341. The lowest BCUT2D eigenvalue weighted by atomic mass is 9.74. The minimum Gasteiger partial charge on any atom is -0.393 e. The van der Waals surface area contributed by atoms with Gasteiger partial charge >= 0.3 is 0 Å². The van der Waals surface area contributed by atoms with E-state index < -0.39 is 10.0 Å². The van der Waals surface area contributed by atoms with Gasteiger partial charge in [0.15, 0.2) is 0 Å². The fraction of sp³-hybridized carbons (Fsp3) is 0.600. The van der Waals surface area contributed by atoms with Gasteiger partial charge in [0, 0.05) is 19.0 Å². The Labute approximate surface area is 119 Å². The maximum absolute atomic E-state index is 12.4. The molecule has 1 aromatic rings. The molecule has 1 saturated carbocycles. The Morgan fingerprint density at radius 3 is 2.61 bits per heavy atom. The van der Waals surface area contributed by atoms with E-state index in [1.165, 1.54) is 10.4 Å². The summed E-state index contributed by atoms with van der Waals surface area (Å²) < 4.78 is 26.6. The number of fused-ring (bicyclic) bond motifs is 1. The van der Waals surface area contributed by atoms with Crippen LogP contribution in [0.2, 0.25) is 9.36 Å². The van der Waals surface area contributed by atoms with Crippen molar-refractivity contribution in [1.82, 2.24) is 4.31 Å². The van der Waals surface area contributed by atoms with E-state index in [0.717, 1.165) is 11.3 Å². The van der Waals surface area contributed by atoms with Gasteiger partial charge in [-0.15, -0.1) is 11.3 Å². The van der Waals surface area contributed by atoms with E-state index in [-0.39, 0.29) is 25.6 Å². The number of sulfonamides is 1. The van der Waals surface area contributed by atoms with Crippen molar-refractivity contribution in [3.63, 3.8) is 0 Å². The Bertz CT molecular complexity index is 566. The summed E-state index contributed by atoms with van der Waals surface area (Å²) in [6.45, 7) is 0.874. The molecule has 1 N–H and O–H groups in total. The first-order chi connectivity index (χ1) is 8.39. The number of nitrogens with zero attached hydrogens (tertiary/aromatic N) is 1. The molecular weight excluding hydrogens is 317 g/mol. The van der Waals surface area contributed by atoms with Crippen molar-refractivity contribution >= 4 is 44.6 Å². The normalized spacial score (nSPS) is 32.3. The second kappa shape index (κ2) is 4.33. The van der Waals surface area contributed by atoms with Crippen LogP contribution >= 0.6 is 34.5 Å². The van der Waals surface area contributed by atoms with Gasteiger partial charge in [-0.25, -0.2) is 8.42 Å². The third-order valence-electron chi connectivity index (χ3n) is 3.71. The van der Waals surface area contributed by atoms with Crippen molar-refractivity contribution in [2.45, 2.75) is 16.7 Å². The summed E-state index contributed by atoms with van der Waals surface area (Å²) in [5.41, 5.74) is 0. The minimum absolute atomic E-state index is 0.0886. The van der Waals surface area contributed by atoms with Gasteiger partial charge in [0.05, 0.1) is 11.1 Å². The Hall–Kier alpha value is 0.150. The molecular formula is C10H11Cl2NO3S2. The number of hydrogen-bond donors (Lipinski definition) is 1. The molecule has 8 heteroatoms. The molecule has 3 atom stereocenters. The number of aliphatic hydroxyl groups is 1. The van der Waals surface area contributed by atoms with Crippen LogP contribution in [0.5, 0.6) is 0 Å². The lowest BCUT2D eigenvalue weighted by molar-refractivity contribution is -0.00416. The highest BCUT2D eigenvalue weighted by molar-refractivity contribution is 7.91. The molecule has 2 fully saturated rings. The highest BCUT2D eigenvalue weighted by Crippen LogP contribution is 2.44. The number of rotatable bonds is 2. The Morgan fingerprint density at radius 2 is 2.11 bits per heavy atom. The summed E-state index contributed by atoms with van der Waals surface area (Å²) >= 11 is 12.6. The van der Waals surface area contributed by atoms with E-state index in [1.807, 2.05) is 0 Å². The van der Waals surface area contributed by atoms with Crippen molar-refractivity contribution in [3.8, 4) is 0 Å². The largest absolute Gasteiger partial charge is 0.393 e. The number of thiophene rings is 1. The van der Waals surface area contributed by atoms with E-state index in [1.54, 1.807) is 0 Å². The van der Waals surface area contributed by atoms with Gasteiger partial charge in [0.1, 0.15) is 8.55 Å². The SMILES string of the molecule is O=S(=O)(c1cc(Cl)c(Cl)s1)N1C[C@H]2C[C@@H](O)[C@H]2C1. The van der Waals surface area contributed by atoms with Crippen molar-refractivity contribution in [3.05, 3.63) is 15.4 Å². The zero-order valence-electron chi connectivity index (χ0n) is 9.21. The van der Waals surface area contributed by atoms with Crippen LogP contribution in [-0.4, -0.2) is 37.0 Å². The van der Waals surface area contributed by atoms with E-state index in [2.05, 4.69) is 0 Å². The highest BCUT2D eigenvalue weighted by Gasteiger charge is 2.49. The average molecular weight is 328 g/mol. The Kier molecular flexibility index (Phi) is 3.16. The Morgan fingerprint density at radius 1 is 1.39 bits per heavy atom. The van der Waals surface area contributed by atoms with Gasteiger partial charge in [-0.05, 0) is 18.4 Å². The number of aliphatic hydroxyl groups excluding tert-OH is 1. The van der Waals surface area contributed by atoms with Gasteiger partial charge in [-0.1, -0.05) is 23.2 Å². The fourth-order valence-corrected chi connectivity index (χ4v) is 6.18. The summed E-state index contributed by atoms with van der Waals surface area (Å²) in [6, 6.07) is 1.39. The highest BCUT2D eigenvalue weighted by atomic mass is 35.5. The van der Waals surface area contributed by atoms with E-state index >= 15 is 0 Å². The van der Waals surface area contributed by atoms with Crippen LogP contribution in [0.15, 0.2) is 10.3 Å². The van der Waals surface area contributed by atoms with Crippen molar-refractivity contribution in [2.75, 3.05) is 13.1 Å². The molecule has 2 aliphatic rings. The molecule has 0 bridgehead atoms. The van der Waals surface area contributed by atoms with Crippen LogP contribution < -0.4 is 0 Å². The lowest BCUT2D eigenvalue weighted by Gasteiger charge is -2.34. The van der Waals surface area contributed by atoms with Gasteiger partial charge < -0.3 is 5.11 Å². The molecule has 4 nitrogen and oxygen atoms in total. The van der Waals surface area contributed by atoms with Gasteiger partial charge in [-0.2, -0.15) is 4.31 Å². The maximum atomic E-state index is 12.4. The molecule has 1 aliphatic heterocycles. The van der Waals surface area contributed by atoms with Crippen LogP contribution in [0.4, 0.5) is 0 Å². The molecule has 0 aromatic carbocycles. The van der Waals surface area contributed by atoms with Crippen LogP contribution in [0.25, 0.3) is 0 Å². The first kappa shape index (κ1) is 13.1. The first-order valence-corrected chi connectivity index (χ1v) is 8.54. The molecule has 1 aliphatic carbocycles. The second-order valence-corrected chi connectivity index (χ2v) is 8.96. The Balaban J connectivity index is 1.87. The topological polar surface area (TPSA) is 57.6 Å². The quantitative estimate of drug-likeness (QED) is 0.904. The standard InChI is InChI=1S/C10H11Cl2NO3S2/c11-7-2-9(17-10(7)12)18(15,16)13-3-5-1-8(14)6(5)4-13/h2,5-6,8,14H,1,3-4H2/t5-,6+,8-/m1/s1. The predicted octanol–water partition coefficient (Wildman–Crippen LogP) is 2.06. The molecule has 0 radical (unpaired) electrons. The minimum atomic E-state index is -3.52. The van der Waals surface area contributed by atoms with Crippen LogP contribution in [0.1, 0.15) is 6.42 Å². The lowest BCUT2D eigenvalue weighted by Crippen LogP contribution is -2.39. The van der Waals surface area contributed by atoms with Gasteiger partial charge in [-0.3, -0.25) is 0 Å². The van der Waals surface area contributed by atoms with Crippen molar-refractivity contribution < 1.29 is 13.5 Å². The van der Waals surface area contributed by atoms with Crippen molar-refractivity contribution in [1.29, 1.82) is 0 Å². The van der Waals surface area contributed by atoms with Crippen LogP contribution in [0.3, 0.4) is 0 Å². The van der Waals surface area contributed by atoms with Gasteiger partial charge in [0.25, 0.3) is 10.0 Å². The van der Waals surface area contributed by atoms with Crippen LogP contribution in [0, 0.1) is 11.8 Å². The first-order valence-electron chi connectivity index (χ1n) is 5.52. The van der Waals surface area contributed by atoms with Gasteiger partial charge in [0.2, 0.25) is 0 Å². The summed E-state index contributed by atoms with van der Waals surface area (Å²) in [4.78, 5) is 0.